The predicted octanol–water partition coefficient (Wildman–Crippen LogP) is 4.06. The average molecular weight is 220 g/mol. The summed E-state index contributed by atoms with van der Waals surface area (Å²) in [6, 6.07) is 10.3. The van der Waals surface area contributed by atoms with Crippen LogP contribution in [0.1, 0.15) is 17.0 Å². The van der Waals surface area contributed by atoms with E-state index < -0.39 is 0 Å². The molecule has 0 radical (unpaired) electrons. The minimum atomic E-state index is 0.790. The number of hydrogen-bond donors (Lipinski definition) is 0. The van der Waals surface area contributed by atoms with Gasteiger partial charge in [0.05, 0.1) is 0 Å². The molecule has 0 fully saturated rings. The fraction of sp³-hybridized carbons (Fsp3) is 0.231. The topological polar surface area (TPSA) is 4.93 Å². The first-order chi connectivity index (χ1) is 7.09. The van der Waals surface area contributed by atoms with Crippen molar-refractivity contribution in [3.8, 4) is 5.69 Å². The zero-order valence-corrected chi connectivity index (χ0v) is 9.97. The summed E-state index contributed by atoms with van der Waals surface area (Å²) in [6.45, 7) is 6.31. The average Bonchev–Trinajstić information content (AvgIpc) is 2.48. The number of halogens is 1. The zero-order chi connectivity index (χ0) is 11.0. The lowest BCUT2D eigenvalue weighted by Gasteiger charge is -2.12. The molecule has 0 bridgehead atoms. The molecule has 0 saturated heterocycles. The van der Waals surface area contributed by atoms with Gasteiger partial charge in [0.25, 0.3) is 0 Å². The van der Waals surface area contributed by atoms with Crippen LogP contribution in [0, 0.1) is 20.8 Å². The van der Waals surface area contributed by atoms with E-state index in [2.05, 4.69) is 43.5 Å². The van der Waals surface area contributed by atoms with E-state index >= 15 is 0 Å². The van der Waals surface area contributed by atoms with Crippen molar-refractivity contribution in [1.29, 1.82) is 0 Å². The molecule has 0 atom stereocenters. The van der Waals surface area contributed by atoms with E-state index in [9.17, 15) is 0 Å². The second kappa shape index (κ2) is 3.74. The summed E-state index contributed by atoms with van der Waals surface area (Å²) in [6.07, 6.45) is 0. The van der Waals surface area contributed by atoms with E-state index in [4.69, 9.17) is 11.6 Å². The van der Waals surface area contributed by atoms with Gasteiger partial charge in [-0.3, -0.25) is 0 Å². The summed E-state index contributed by atoms with van der Waals surface area (Å²) in [4.78, 5) is 0. The summed E-state index contributed by atoms with van der Waals surface area (Å²) < 4.78 is 2.24. The Kier molecular flexibility index (Phi) is 2.57. The lowest BCUT2D eigenvalue weighted by Crippen LogP contribution is -2.00. The zero-order valence-electron chi connectivity index (χ0n) is 9.21. The molecule has 2 aromatic rings. The molecule has 1 aromatic heterocycles. The van der Waals surface area contributed by atoms with Crippen molar-refractivity contribution in [2.24, 2.45) is 0 Å². The normalized spacial score (nSPS) is 10.7. The van der Waals surface area contributed by atoms with Gasteiger partial charge in [0.15, 0.2) is 0 Å². The molecule has 0 amide bonds. The van der Waals surface area contributed by atoms with Crippen molar-refractivity contribution in [2.45, 2.75) is 20.8 Å². The van der Waals surface area contributed by atoms with Crippen LogP contribution < -0.4 is 0 Å². The molecule has 0 unspecified atom stereocenters. The van der Waals surface area contributed by atoms with Crippen molar-refractivity contribution in [2.75, 3.05) is 0 Å². The molecule has 0 spiro atoms. The van der Waals surface area contributed by atoms with Crippen molar-refractivity contribution < 1.29 is 0 Å². The lowest BCUT2D eigenvalue weighted by molar-refractivity contribution is 0.955. The standard InChI is InChI=1S/C13H14ClN/c1-9-8-12(14)6-7-13(9)15-10(2)4-5-11(15)3/h4-8H,1-3H3. The van der Waals surface area contributed by atoms with E-state index in [-0.39, 0.29) is 0 Å². The number of aromatic nitrogens is 1. The largest absolute Gasteiger partial charge is 0.318 e. The third kappa shape index (κ3) is 1.80. The molecule has 0 aliphatic rings. The number of hydrogen-bond acceptors (Lipinski definition) is 0. The minimum absolute atomic E-state index is 0.790. The molecule has 1 nitrogen and oxygen atoms in total. The Labute approximate surface area is 95.3 Å². The van der Waals surface area contributed by atoms with Gasteiger partial charge in [0.1, 0.15) is 0 Å². The van der Waals surface area contributed by atoms with E-state index in [1.54, 1.807) is 0 Å². The Morgan fingerprint density at radius 1 is 0.933 bits per heavy atom. The fourth-order valence-corrected chi connectivity index (χ4v) is 2.14. The highest BCUT2D eigenvalue weighted by Gasteiger charge is 2.06. The smallest absolute Gasteiger partial charge is 0.0485 e. The van der Waals surface area contributed by atoms with Gasteiger partial charge in [-0.15, -0.1) is 0 Å². The van der Waals surface area contributed by atoms with E-state index in [1.165, 1.54) is 22.6 Å². The summed E-state index contributed by atoms with van der Waals surface area (Å²) in [5.74, 6) is 0. The van der Waals surface area contributed by atoms with Crippen molar-refractivity contribution in [3.63, 3.8) is 0 Å². The van der Waals surface area contributed by atoms with Crippen molar-refractivity contribution in [3.05, 3.63) is 52.3 Å². The first kappa shape index (κ1) is 10.3. The van der Waals surface area contributed by atoms with Gasteiger partial charge in [-0.25, -0.2) is 0 Å². The van der Waals surface area contributed by atoms with Gasteiger partial charge >= 0.3 is 0 Å². The van der Waals surface area contributed by atoms with Crippen LogP contribution in [0.3, 0.4) is 0 Å². The number of rotatable bonds is 1. The first-order valence-corrected chi connectivity index (χ1v) is 5.39. The van der Waals surface area contributed by atoms with Crippen LogP contribution in [0.4, 0.5) is 0 Å². The molecule has 2 heteroatoms. The van der Waals surface area contributed by atoms with Gasteiger partial charge in [-0.1, -0.05) is 11.6 Å². The Morgan fingerprint density at radius 3 is 2.07 bits per heavy atom. The maximum Gasteiger partial charge on any atom is 0.0485 e. The van der Waals surface area contributed by atoms with Crippen molar-refractivity contribution in [1.82, 2.24) is 4.57 Å². The number of aryl methyl sites for hydroxylation is 3. The third-order valence-corrected chi connectivity index (χ3v) is 2.91. The maximum atomic E-state index is 5.95. The Morgan fingerprint density at radius 2 is 1.53 bits per heavy atom. The number of benzene rings is 1. The van der Waals surface area contributed by atoms with E-state index in [1.807, 2.05) is 12.1 Å². The second-order valence-electron chi connectivity index (χ2n) is 3.88. The summed E-state index contributed by atoms with van der Waals surface area (Å²) >= 11 is 5.95. The highest BCUT2D eigenvalue weighted by atomic mass is 35.5. The lowest BCUT2D eigenvalue weighted by atomic mass is 10.2. The Hall–Kier alpha value is -1.21. The summed E-state index contributed by atoms with van der Waals surface area (Å²) in [5.41, 5.74) is 4.90. The van der Waals surface area contributed by atoms with Crippen LogP contribution in [0.25, 0.3) is 5.69 Å². The van der Waals surface area contributed by atoms with Gasteiger partial charge in [-0.2, -0.15) is 0 Å². The summed E-state index contributed by atoms with van der Waals surface area (Å²) in [5, 5.41) is 0.790. The van der Waals surface area contributed by atoms with E-state index in [0.717, 1.165) is 5.02 Å². The molecular formula is C13H14ClN. The Balaban J connectivity index is 2.64. The van der Waals surface area contributed by atoms with Crippen LogP contribution in [0.2, 0.25) is 5.02 Å². The third-order valence-electron chi connectivity index (χ3n) is 2.67. The molecule has 78 valence electrons. The maximum absolute atomic E-state index is 5.95. The van der Waals surface area contributed by atoms with Crippen LogP contribution in [-0.2, 0) is 0 Å². The fourth-order valence-electron chi connectivity index (χ4n) is 1.92. The molecular weight excluding hydrogens is 206 g/mol. The van der Waals surface area contributed by atoms with Crippen LogP contribution >= 0.6 is 11.6 Å². The van der Waals surface area contributed by atoms with E-state index in [0.29, 0.717) is 0 Å². The van der Waals surface area contributed by atoms with Gasteiger partial charge in [0, 0.05) is 22.1 Å². The highest BCUT2D eigenvalue weighted by Crippen LogP contribution is 2.22. The van der Waals surface area contributed by atoms with Gasteiger partial charge in [0.2, 0.25) is 0 Å². The SMILES string of the molecule is Cc1cc(Cl)ccc1-n1c(C)ccc1C. The second-order valence-corrected chi connectivity index (χ2v) is 4.32. The van der Waals surface area contributed by atoms with Crippen molar-refractivity contribution >= 4 is 11.6 Å². The molecule has 0 saturated carbocycles. The molecule has 2 rings (SSSR count). The van der Waals surface area contributed by atoms with Gasteiger partial charge in [-0.05, 0) is 56.7 Å². The molecule has 0 aliphatic heterocycles. The van der Waals surface area contributed by atoms with Crippen LogP contribution in [-0.4, -0.2) is 4.57 Å². The molecule has 0 aliphatic carbocycles. The van der Waals surface area contributed by atoms with Crippen LogP contribution in [0.5, 0.6) is 0 Å². The quantitative estimate of drug-likeness (QED) is 0.682. The first-order valence-electron chi connectivity index (χ1n) is 5.01. The highest BCUT2D eigenvalue weighted by molar-refractivity contribution is 6.30. The molecule has 1 aromatic carbocycles. The summed E-state index contributed by atoms with van der Waals surface area (Å²) in [7, 11) is 0. The molecule has 0 N–H and O–H groups in total. The Bertz CT molecular complexity index is 478. The van der Waals surface area contributed by atoms with Crippen LogP contribution in [0.15, 0.2) is 30.3 Å². The molecule has 1 heterocycles. The van der Waals surface area contributed by atoms with Gasteiger partial charge < -0.3 is 4.57 Å². The monoisotopic (exact) mass is 219 g/mol. The minimum Gasteiger partial charge on any atom is -0.318 e. The molecule has 15 heavy (non-hydrogen) atoms. The number of nitrogens with zero attached hydrogens (tertiary/aromatic N) is 1. The predicted molar refractivity (Wildman–Crippen MR) is 65.0 cm³/mol.